The summed E-state index contributed by atoms with van der Waals surface area (Å²) in [6.45, 7) is -0.532. The molecule has 0 saturated carbocycles. The molecular formula is C13H17F3N4O2. The van der Waals surface area contributed by atoms with Gasteiger partial charge < -0.3 is 4.98 Å². The van der Waals surface area contributed by atoms with Crippen molar-refractivity contribution in [2.75, 3.05) is 19.6 Å². The number of hydrogen-bond acceptors (Lipinski definition) is 3. The molecule has 0 bridgehead atoms. The zero-order valence-electron chi connectivity index (χ0n) is 11.7. The average Bonchev–Trinajstić information content (AvgIpc) is 2.97. The summed E-state index contributed by atoms with van der Waals surface area (Å²) < 4.78 is 36.8. The van der Waals surface area contributed by atoms with Crippen LogP contribution in [0.15, 0.2) is 18.3 Å². The van der Waals surface area contributed by atoms with Crippen molar-refractivity contribution in [2.45, 2.75) is 19.0 Å². The maximum Gasteiger partial charge on any atom is 0.401 e. The molecular weight excluding hydrogens is 301 g/mol. The summed E-state index contributed by atoms with van der Waals surface area (Å²) in [4.78, 5) is 27.5. The van der Waals surface area contributed by atoms with Crippen LogP contribution in [0.25, 0.3) is 0 Å². The first-order valence-corrected chi connectivity index (χ1v) is 6.88. The highest BCUT2D eigenvalue weighted by molar-refractivity contribution is 5.93. The monoisotopic (exact) mass is 318 g/mol. The van der Waals surface area contributed by atoms with Gasteiger partial charge in [0, 0.05) is 12.1 Å². The summed E-state index contributed by atoms with van der Waals surface area (Å²) in [5.74, 6) is -1.26. The number of piperidine rings is 1. The van der Waals surface area contributed by atoms with Crippen LogP contribution < -0.4 is 10.9 Å². The Hall–Kier alpha value is -2.03. The van der Waals surface area contributed by atoms with Crippen LogP contribution in [0.5, 0.6) is 0 Å². The topological polar surface area (TPSA) is 77.2 Å². The molecule has 1 fully saturated rings. The van der Waals surface area contributed by atoms with Crippen molar-refractivity contribution < 1.29 is 22.8 Å². The van der Waals surface area contributed by atoms with Crippen LogP contribution in [0, 0.1) is 5.92 Å². The fourth-order valence-corrected chi connectivity index (χ4v) is 2.37. The molecule has 0 spiro atoms. The minimum Gasteiger partial charge on any atom is -0.357 e. The molecule has 0 unspecified atom stereocenters. The Balaban J connectivity index is 1.72. The predicted molar refractivity (Wildman–Crippen MR) is 71.6 cm³/mol. The Morgan fingerprint density at radius 1 is 1.27 bits per heavy atom. The summed E-state index contributed by atoms with van der Waals surface area (Å²) in [6.07, 6.45) is -1.98. The van der Waals surface area contributed by atoms with Crippen molar-refractivity contribution in [3.05, 3.63) is 24.0 Å². The number of carbonyl (C=O) groups is 2. The number of rotatable bonds is 3. The second-order valence-electron chi connectivity index (χ2n) is 5.19. The number of alkyl halides is 3. The predicted octanol–water partition coefficient (Wildman–Crippen LogP) is 1.05. The zero-order valence-corrected chi connectivity index (χ0v) is 11.7. The van der Waals surface area contributed by atoms with Gasteiger partial charge in [-0.1, -0.05) is 0 Å². The zero-order chi connectivity index (χ0) is 16.2. The van der Waals surface area contributed by atoms with Crippen LogP contribution in [0.1, 0.15) is 23.3 Å². The van der Waals surface area contributed by atoms with Gasteiger partial charge in [-0.15, -0.1) is 0 Å². The van der Waals surface area contributed by atoms with E-state index in [1.165, 1.54) is 4.90 Å². The Morgan fingerprint density at radius 2 is 1.95 bits per heavy atom. The molecule has 2 rings (SSSR count). The Labute approximate surface area is 125 Å². The molecule has 1 saturated heterocycles. The average molecular weight is 318 g/mol. The number of H-pyrrole nitrogens is 1. The molecule has 1 aromatic heterocycles. The first-order chi connectivity index (χ1) is 10.3. The van der Waals surface area contributed by atoms with Crippen LogP contribution in [-0.2, 0) is 4.79 Å². The van der Waals surface area contributed by atoms with Gasteiger partial charge >= 0.3 is 6.18 Å². The lowest BCUT2D eigenvalue weighted by atomic mass is 9.96. The number of nitrogens with zero attached hydrogens (tertiary/aromatic N) is 1. The van der Waals surface area contributed by atoms with E-state index in [1.54, 1.807) is 18.3 Å². The lowest BCUT2D eigenvalue weighted by Crippen LogP contribution is -2.48. The SMILES string of the molecule is O=C(NNC(=O)C1CCN(CC(F)(F)F)CC1)c1ccc[nH]1. The number of halogens is 3. The van der Waals surface area contributed by atoms with Crippen LogP contribution in [0.2, 0.25) is 0 Å². The number of likely N-dealkylation sites (tertiary alicyclic amines) is 1. The van der Waals surface area contributed by atoms with Crippen LogP contribution >= 0.6 is 0 Å². The minimum atomic E-state index is -4.22. The van der Waals surface area contributed by atoms with E-state index in [0.717, 1.165) is 0 Å². The molecule has 9 heteroatoms. The van der Waals surface area contributed by atoms with Gasteiger partial charge in [-0.25, -0.2) is 0 Å². The highest BCUT2D eigenvalue weighted by Gasteiger charge is 2.33. The molecule has 0 aromatic carbocycles. The second-order valence-corrected chi connectivity index (χ2v) is 5.19. The lowest BCUT2D eigenvalue weighted by molar-refractivity contribution is -0.149. The molecule has 2 amide bonds. The highest BCUT2D eigenvalue weighted by Crippen LogP contribution is 2.22. The number of aromatic nitrogens is 1. The molecule has 122 valence electrons. The minimum absolute atomic E-state index is 0.210. The van der Waals surface area contributed by atoms with Crippen molar-refractivity contribution in [3.8, 4) is 0 Å². The van der Waals surface area contributed by atoms with Gasteiger partial charge in [0.05, 0.1) is 6.54 Å². The molecule has 1 aromatic rings. The fourth-order valence-electron chi connectivity index (χ4n) is 2.37. The van der Waals surface area contributed by atoms with Gasteiger partial charge in [-0.05, 0) is 38.1 Å². The molecule has 22 heavy (non-hydrogen) atoms. The van der Waals surface area contributed by atoms with Crippen LogP contribution in [0.3, 0.4) is 0 Å². The van der Waals surface area contributed by atoms with Gasteiger partial charge in [-0.2, -0.15) is 13.2 Å². The van der Waals surface area contributed by atoms with Crippen molar-refractivity contribution in [2.24, 2.45) is 5.92 Å². The summed E-state index contributed by atoms with van der Waals surface area (Å²) in [5, 5.41) is 0. The van der Waals surface area contributed by atoms with E-state index < -0.39 is 24.5 Å². The van der Waals surface area contributed by atoms with E-state index in [2.05, 4.69) is 15.8 Å². The van der Waals surface area contributed by atoms with Crippen molar-refractivity contribution >= 4 is 11.8 Å². The smallest absolute Gasteiger partial charge is 0.357 e. The Kier molecular flexibility index (Phi) is 5.07. The fraction of sp³-hybridized carbons (Fsp3) is 0.538. The molecule has 3 N–H and O–H groups in total. The third-order valence-corrected chi connectivity index (χ3v) is 3.50. The molecule has 0 aliphatic carbocycles. The first-order valence-electron chi connectivity index (χ1n) is 6.88. The van der Waals surface area contributed by atoms with Gasteiger partial charge in [-0.3, -0.25) is 25.3 Å². The van der Waals surface area contributed by atoms with Crippen molar-refractivity contribution in [1.29, 1.82) is 0 Å². The molecule has 6 nitrogen and oxygen atoms in total. The summed E-state index contributed by atoms with van der Waals surface area (Å²) in [5.41, 5.74) is 4.88. The van der Waals surface area contributed by atoms with E-state index in [4.69, 9.17) is 0 Å². The van der Waals surface area contributed by atoms with E-state index >= 15 is 0 Å². The van der Waals surface area contributed by atoms with Gasteiger partial charge in [0.15, 0.2) is 0 Å². The Bertz CT molecular complexity index is 508. The maximum atomic E-state index is 12.3. The third kappa shape index (κ3) is 4.76. The van der Waals surface area contributed by atoms with Crippen molar-refractivity contribution in [3.63, 3.8) is 0 Å². The van der Waals surface area contributed by atoms with Crippen LogP contribution in [0.4, 0.5) is 13.2 Å². The quantitative estimate of drug-likeness (QED) is 0.729. The normalized spacial score (nSPS) is 17.2. The number of hydrogen-bond donors (Lipinski definition) is 3. The maximum absolute atomic E-state index is 12.3. The van der Waals surface area contributed by atoms with Gasteiger partial charge in [0.25, 0.3) is 5.91 Å². The molecule has 1 aliphatic heterocycles. The summed E-state index contributed by atoms with van der Waals surface area (Å²) >= 11 is 0. The number of nitrogens with one attached hydrogen (secondary N) is 3. The Morgan fingerprint density at radius 3 is 2.50 bits per heavy atom. The molecule has 0 atom stereocenters. The van der Waals surface area contributed by atoms with Gasteiger partial charge in [0.1, 0.15) is 5.69 Å². The standard InChI is InChI=1S/C13H17F3N4O2/c14-13(15,16)8-20-6-3-9(4-7-20)11(21)18-19-12(22)10-2-1-5-17-10/h1-2,5,9,17H,3-4,6-8H2,(H,18,21)(H,19,22). The summed E-state index contributed by atoms with van der Waals surface area (Å²) in [6, 6.07) is 3.20. The summed E-state index contributed by atoms with van der Waals surface area (Å²) in [7, 11) is 0. The van der Waals surface area contributed by atoms with E-state index in [9.17, 15) is 22.8 Å². The van der Waals surface area contributed by atoms with Crippen molar-refractivity contribution in [1.82, 2.24) is 20.7 Å². The van der Waals surface area contributed by atoms with Gasteiger partial charge in [0.2, 0.25) is 5.91 Å². The van der Waals surface area contributed by atoms with E-state index in [1.807, 2.05) is 0 Å². The molecule has 1 aliphatic rings. The van der Waals surface area contributed by atoms with Crippen LogP contribution in [-0.4, -0.2) is 47.5 Å². The van der Waals surface area contributed by atoms with E-state index in [0.29, 0.717) is 18.5 Å². The number of hydrazine groups is 1. The largest absolute Gasteiger partial charge is 0.401 e. The lowest BCUT2D eigenvalue weighted by Gasteiger charge is -2.31. The highest BCUT2D eigenvalue weighted by atomic mass is 19.4. The second kappa shape index (κ2) is 6.82. The number of amides is 2. The number of carbonyl (C=O) groups excluding carboxylic acids is 2. The molecule has 2 heterocycles. The van der Waals surface area contributed by atoms with E-state index in [-0.39, 0.29) is 19.0 Å². The number of aromatic amines is 1. The molecule has 0 radical (unpaired) electrons. The first kappa shape index (κ1) is 16.3. The third-order valence-electron chi connectivity index (χ3n) is 3.50.